The van der Waals surface area contributed by atoms with Gasteiger partial charge in [0.2, 0.25) is 0 Å². The summed E-state index contributed by atoms with van der Waals surface area (Å²) in [5.74, 6) is -0.170. The summed E-state index contributed by atoms with van der Waals surface area (Å²) in [5, 5.41) is 3.48. The van der Waals surface area contributed by atoms with Crippen molar-refractivity contribution in [3.8, 4) is 0 Å². The van der Waals surface area contributed by atoms with Gasteiger partial charge in [0, 0.05) is 31.7 Å². The first-order valence-corrected chi connectivity index (χ1v) is 6.11. The minimum absolute atomic E-state index is 0.170. The molecule has 2 bridgehead atoms. The molecule has 4 rings (SSSR count). The van der Waals surface area contributed by atoms with Gasteiger partial charge in [0.05, 0.1) is 13.2 Å². The molecule has 1 N–H and O–H groups in total. The lowest BCUT2D eigenvalue weighted by atomic mass is 10.1. The summed E-state index contributed by atoms with van der Waals surface area (Å²) in [5.41, 5.74) is 1.17. The average Bonchev–Trinajstić information content (AvgIpc) is 2.67. The van der Waals surface area contributed by atoms with Gasteiger partial charge in [0.15, 0.2) is 0 Å². The molecule has 0 amide bonds. The predicted molar refractivity (Wildman–Crippen MR) is 63.2 cm³/mol. The summed E-state index contributed by atoms with van der Waals surface area (Å²) in [6.07, 6.45) is 0. The van der Waals surface area contributed by atoms with E-state index in [1.807, 2.05) is 12.1 Å². The van der Waals surface area contributed by atoms with Crippen molar-refractivity contribution in [2.75, 3.05) is 26.3 Å². The first-order valence-electron chi connectivity index (χ1n) is 6.11. The van der Waals surface area contributed by atoms with Crippen LogP contribution in [0.4, 0.5) is 4.39 Å². The van der Waals surface area contributed by atoms with E-state index in [4.69, 9.17) is 4.74 Å². The first kappa shape index (κ1) is 11.1. The summed E-state index contributed by atoms with van der Waals surface area (Å²) in [7, 11) is 0. The smallest absolute Gasteiger partial charge is 0.123 e. The molecule has 3 fully saturated rings. The zero-order valence-corrected chi connectivity index (χ0v) is 9.73. The number of nitrogens with one attached hydrogen (secondary N) is 1. The quantitative estimate of drug-likeness (QED) is 0.829. The van der Waals surface area contributed by atoms with Gasteiger partial charge in [-0.1, -0.05) is 12.1 Å². The highest BCUT2D eigenvalue weighted by Crippen LogP contribution is 2.16. The highest BCUT2D eigenvalue weighted by molar-refractivity contribution is 5.16. The van der Waals surface area contributed by atoms with Gasteiger partial charge in [-0.2, -0.15) is 0 Å². The molecule has 92 valence electrons. The standard InChI is InChI=1S/C13H17FN2O/c14-11-3-1-10(2-4-11)6-16-7-12-8-17-9-13(16)5-15-12/h1-4,12-13,15H,5-9H2. The van der Waals surface area contributed by atoms with Crippen LogP contribution in [0, 0.1) is 5.82 Å². The van der Waals surface area contributed by atoms with Crippen LogP contribution in [0.15, 0.2) is 24.3 Å². The van der Waals surface area contributed by atoms with Crippen LogP contribution < -0.4 is 5.32 Å². The summed E-state index contributed by atoms with van der Waals surface area (Å²) < 4.78 is 18.4. The third-order valence-electron chi connectivity index (χ3n) is 3.54. The maximum absolute atomic E-state index is 12.8. The van der Waals surface area contributed by atoms with E-state index in [9.17, 15) is 4.39 Å². The van der Waals surface area contributed by atoms with E-state index in [0.29, 0.717) is 12.1 Å². The highest BCUT2D eigenvalue weighted by atomic mass is 19.1. The second kappa shape index (κ2) is 4.72. The molecule has 0 aromatic heterocycles. The molecule has 3 aliphatic rings. The lowest BCUT2D eigenvalue weighted by Crippen LogP contribution is -2.55. The van der Waals surface area contributed by atoms with Gasteiger partial charge >= 0.3 is 0 Å². The van der Waals surface area contributed by atoms with Crippen LogP contribution >= 0.6 is 0 Å². The molecule has 17 heavy (non-hydrogen) atoms. The Hall–Kier alpha value is -0.970. The molecular weight excluding hydrogens is 219 g/mol. The van der Waals surface area contributed by atoms with Gasteiger partial charge in [-0.25, -0.2) is 4.39 Å². The van der Waals surface area contributed by atoms with Crippen LogP contribution in [0.2, 0.25) is 0 Å². The van der Waals surface area contributed by atoms with E-state index in [2.05, 4.69) is 10.2 Å². The van der Waals surface area contributed by atoms with Crippen LogP contribution in [0.1, 0.15) is 5.56 Å². The first-order chi connectivity index (χ1) is 8.31. The molecule has 0 spiro atoms. The minimum atomic E-state index is -0.170. The van der Waals surface area contributed by atoms with Crippen LogP contribution in [0.5, 0.6) is 0 Å². The number of fused-ring (bicyclic) bond motifs is 4. The van der Waals surface area contributed by atoms with E-state index < -0.39 is 0 Å². The van der Waals surface area contributed by atoms with E-state index in [1.54, 1.807) is 0 Å². The van der Waals surface area contributed by atoms with Gasteiger partial charge < -0.3 is 10.1 Å². The van der Waals surface area contributed by atoms with Crippen molar-refractivity contribution in [1.29, 1.82) is 0 Å². The maximum atomic E-state index is 12.8. The second-order valence-electron chi connectivity index (χ2n) is 4.85. The third-order valence-corrected chi connectivity index (χ3v) is 3.54. The Morgan fingerprint density at radius 3 is 2.94 bits per heavy atom. The Kier molecular flexibility index (Phi) is 3.09. The maximum Gasteiger partial charge on any atom is 0.123 e. The SMILES string of the molecule is Fc1ccc(CN2CC3COCC2CN3)cc1. The number of hydrogen-bond acceptors (Lipinski definition) is 3. The van der Waals surface area contributed by atoms with E-state index in [1.165, 1.54) is 17.7 Å². The number of benzene rings is 1. The van der Waals surface area contributed by atoms with E-state index in [-0.39, 0.29) is 5.82 Å². The predicted octanol–water partition coefficient (Wildman–Crippen LogP) is 0.998. The van der Waals surface area contributed by atoms with Crippen molar-refractivity contribution < 1.29 is 9.13 Å². The summed E-state index contributed by atoms with van der Waals surface area (Å²) in [6, 6.07) is 7.66. The van der Waals surface area contributed by atoms with Gasteiger partial charge in [-0.15, -0.1) is 0 Å². The van der Waals surface area contributed by atoms with Crippen LogP contribution in [0.3, 0.4) is 0 Å². The van der Waals surface area contributed by atoms with Gasteiger partial charge in [-0.05, 0) is 17.7 Å². The zero-order valence-electron chi connectivity index (χ0n) is 9.73. The molecule has 1 aromatic carbocycles. The average molecular weight is 236 g/mol. The van der Waals surface area contributed by atoms with Crippen molar-refractivity contribution in [1.82, 2.24) is 10.2 Å². The molecule has 0 radical (unpaired) electrons. The number of hydrogen-bond donors (Lipinski definition) is 1. The minimum Gasteiger partial charge on any atom is -0.378 e. The van der Waals surface area contributed by atoms with Crippen molar-refractivity contribution >= 4 is 0 Å². The van der Waals surface area contributed by atoms with Crippen molar-refractivity contribution in [3.05, 3.63) is 35.6 Å². The Labute approximate surface area is 101 Å². The Bertz CT molecular complexity index is 378. The van der Waals surface area contributed by atoms with E-state index >= 15 is 0 Å². The Balaban J connectivity index is 1.70. The van der Waals surface area contributed by atoms with Crippen LogP contribution in [-0.2, 0) is 11.3 Å². The lowest BCUT2D eigenvalue weighted by Gasteiger charge is -2.36. The molecule has 4 heteroatoms. The normalized spacial score (nSPS) is 29.2. The fourth-order valence-electron chi connectivity index (χ4n) is 2.57. The number of piperazine rings is 1. The topological polar surface area (TPSA) is 24.5 Å². The summed E-state index contributed by atoms with van der Waals surface area (Å²) in [4.78, 5) is 2.43. The second-order valence-corrected chi connectivity index (χ2v) is 4.85. The summed E-state index contributed by atoms with van der Waals surface area (Å²) >= 11 is 0. The summed E-state index contributed by atoms with van der Waals surface area (Å²) in [6.45, 7) is 4.49. The Morgan fingerprint density at radius 1 is 1.29 bits per heavy atom. The molecule has 0 saturated carbocycles. The molecule has 3 heterocycles. The molecule has 2 atom stereocenters. The van der Waals surface area contributed by atoms with Crippen molar-refractivity contribution in [3.63, 3.8) is 0 Å². The molecule has 0 aliphatic carbocycles. The van der Waals surface area contributed by atoms with Crippen molar-refractivity contribution in [2.24, 2.45) is 0 Å². The number of rotatable bonds is 2. The number of nitrogens with zero attached hydrogens (tertiary/aromatic N) is 1. The molecule has 3 saturated heterocycles. The number of halogens is 1. The van der Waals surface area contributed by atoms with Gasteiger partial charge in [-0.3, -0.25) is 4.90 Å². The molecule has 3 aliphatic heterocycles. The third kappa shape index (κ3) is 2.49. The monoisotopic (exact) mass is 236 g/mol. The highest BCUT2D eigenvalue weighted by Gasteiger charge is 2.31. The molecule has 3 nitrogen and oxygen atoms in total. The van der Waals surface area contributed by atoms with Gasteiger partial charge in [0.1, 0.15) is 5.82 Å². The number of ether oxygens (including phenoxy) is 1. The lowest BCUT2D eigenvalue weighted by molar-refractivity contribution is 0.106. The molecular formula is C13H17FN2O. The van der Waals surface area contributed by atoms with Crippen molar-refractivity contribution in [2.45, 2.75) is 18.6 Å². The molecule has 1 aromatic rings. The molecule has 2 unspecified atom stereocenters. The fourth-order valence-corrected chi connectivity index (χ4v) is 2.57. The zero-order chi connectivity index (χ0) is 11.7. The largest absolute Gasteiger partial charge is 0.378 e. The fraction of sp³-hybridized carbons (Fsp3) is 0.538. The van der Waals surface area contributed by atoms with Crippen LogP contribution in [-0.4, -0.2) is 43.3 Å². The Morgan fingerprint density at radius 2 is 2.12 bits per heavy atom. The van der Waals surface area contributed by atoms with Gasteiger partial charge in [0.25, 0.3) is 0 Å². The van der Waals surface area contributed by atoms with Crippen LogP contribution in [0.25, 0.3) is 0 Å². The van der Waals surface area contributed by atoms with E-state index in [0.717, 1.165) is 32.8 Å².